The van der Waals surface area contributed by atoms with Crippen LogP contribution in [0.15, 0.2) is 12.3 Å². The molecule has 0 saturated carbocycles. The molecule has 0 fully saturated rings. The number of hydrogen-bond donors (Lipinski definition) is 2. The van der Waals surface area contributed by atoms with Crippen LogP contribution < -0.4 is 5.32 Å². The van der Waals surface area contributed by atoms with E-state index < -0.39 is 5.97 Å². The number of nitrogens with zero attached hydrogens (tertiary/aromatic N) is 2. The maximum absolute atomic E-state index is 10.2. The Hall–Kier alpha value is -1.36. The van der Waals surface area contributed by atoms with E-state index in [1.807, 2.05) is 17.7 Å². The van der Waals surface area contributed by atoms with E-state index in [9.17, 15) is 4.79 Å². The zero-order valence-corrected chi connectivity index (χ0v) is 8.23. The van der Waals surface area contributed by atoms with Gasteiger partial charge in [0.25, 0.3) is 0 Å². The highest BCUT2D eigenvalue weighted by molar-refractivity contribution is 5.66. The smallest absolute Gasteiger partial charge is 0.304 e. The topological polar surface area (TPSA) is 67.2 Å². The number of rotatable bonds is 6. The molecule has 1 aromatic rings. The summed E-state index contributed by atoms with van der Waals surface area (Å²) in [4.78, 5) is 10.2. The molecule has 78 valence electrons. The van der Waals surface area contributed by atoms with Gasteiger partial charge in [0.1, 0.15) is 0 Å². The number of aliphatic carboxylic acids is 1. The third-order valence-electron chi connectivity index (χ3n) is 1.94. The summed E-state index contributed by atoms with van der Waals surface area (Å²) in [5.41, 5.74) is 1.12. The van der Waals surface area contributed by atoms with Crippen LogP contribution >= 0.6 is 0 Å². The first-order chi connectivity index (χ1) is 6.70. The van der Waals surface area contributed by atoms with Crippen LogP contribution in [0.1, 0.15) is 12.1 Å². The molecule has 0 atom stereocenters. The van der Waals surface area contributed by atoms with Crippen molar-refractivity contribution in [1.82, 2.24) is 15.1 Å². The van der Waals surface area contributed by atoms with Crippen LogP contribution in [-0.4, -0.2) is 33.9 Å². The van der Waals surface area contributed by atoms with Gasteiger partial charge in [0.2, 0.25) is 0 Å². The van der Waals surface area contributed by atoms with Gasteiger partial charge in [0.15, 0.2) is 0 Å². The van der Waals surface area contributed by atoms with Gasteiger partial charge < -0.3 is 10.4 Å². The fourth-order valence-electron chi connectivity index (χ4n) is 1.14. The minimum absolute atomic E-state index is 0.165. The molecule has 14 heavy (non-hydrogen) atoms. The Morgan fingerprint density at radius 1 is 1.64 bits per heavy atom. The molecular formula is C9H15N3O2. The number of aryl methyl sites for hydroxylation is 1. The molecule has 0 aliphatic heterocycles. The zero-order valence-electron chi connectivity index (χ0n) is 8.23. The first kappa shape index (κ1) is 10.7. The van der Waals surface area contributed by atoms with Crippen molar-refractivity contribution in [1.29, 1.82) is 0 Å². The number of hydrogen-bond acceptors (Lipinski definition) is 3. The monoisotopic (exact) mass is 197 g/mol. The first-order valence-corrected chi connectivity index (χ1v) is 4.61. The van der Waals surface area contributed by atoms with Crippen LogP contribution in [0.5, 0.6) is 0 Å². The highest BCUT2D eigenvalue weighted by Gasteiger charge is 1.97. The molecule has 0 spiro atoms. The zero-order chi connectivity index (χ0) is 10.4. The maximum atomic E-state index is 10.2. The Balaban J connectivity index is 2.10. The molecule has 5 nitrogen and oxygen atoms in total. The summed E-state index contributed by atoms with van der Waals surface area (Å²) >= 11 is 0. The van der Waals surface area contributed by atoms with E-state index in [-0.39, 0.29) is 6.42 Å². The third kappa shape index (κ3) is 3.57. The molecule has 5 heteroatoms. The summed E-state index contributed by atoms with van der Waals surface area (Å²) in [6, 6.07) is 1.94. The molecule has 0 aromatic carbocycles. The lowest BCUT2D eigenvalue weighted by molar-refractivity contribution is -0.136. The summed E-state index contributed by atoms with van der Waals surface area (Å²) < 4.78 is 1.88. The van der Waals surface area contributed by atoms with Crippen LogP contribution in [0.3, 0.4) is 0 Å². The van der Waals surface area contributed by atoms with Crippen molar-refractivity contribution in [2.75, 3.05) is 13.1 Å². The Labute approximate surface area is 82.7 Å². The van der Waals surface area contributed by atoms with Gasteiger partial charge in [-0.1, -0.05) is 0 Å². The van der Waals surface area contributed by atoms with E-state index in [2.05, 4.69) is 10.4 Å². The minimum Gasteiger partial charge on any atom is -0.481 e. The maximum Gasteiger partial charge on any atom is 0.304 e. The minimum atomic E-state index is -0.771. The van der Waals surface area contributed by atoms with E-state index in [0.717, 1.165) is 18.8 Å². The highest BCUT2D eigenvalue weighted by atomic mass is 16.4. The van der Waals surface area contributed by atoms with Gasteiger partial charge in [-0.3, -0.25) is 9.48 Å². The normalized spacial score (nSPS) is 10.4. The summed E-state index contributed by atoms with van der Waals surface area (Å²) in [6.07, 6.45) is 1.92. The predicted molar refractivity (Wildman–Crippen MR) is 52.1 cm³/mol. The van der Waals surface area contributed by atoms with E-state index >= 15 is 0 Å². The molecule has 0 unspecified atom stereocenters. The molecule has 1 rings (SSSR count). The van der Waals surface area contributed by atoms with E-state index in [0.29, 0.717) is 6.54 Å². The second kappa shape index (κ2) is 5.39. The second-order valence-corrected chi connectivity index (χ2v) is 3.09. The Morgan fingerprint density at radius 3 is 3.00 bits per heavy atom. The summed E-state index contributed by atoms with van der Waals surface area (Å²) in [5.74, 6) is -0.771. The van der Waals surface area contributed by atoms with Crippen molar-refractivity contribution in [3.63, 3.8) is 0 Å². The average molecular weight is 197 g/mol. The van der Waals surface area contributed by atoms with Crippen molar-refractivity contribution >= 4 is 5.97 Å². The van der Waals surface area contributed by atoms with E-state index in [4.69, 9.17) is 5.11 Å². The lowest BCUT2D eigenvalue weighted by Gasteiger charge is -2.04. The van der Waals surface area contributed by atoms with E-state index in [1.54, 1.807) is 6.20 Å². The average Bonchev–Trinajstić information content (AvgIpc) is 2.51. The van der Waals surface area contributed by atoms with Crippen LogP contribution in [0.25, 0.3) is 0 Å². The van der Waals surface area contributed by atoms with Gasteiger partial charge in [-0.15, -0.1) is 0 Å². The van der Waals surface area contributed by atoms with Gasteiger partial charge >= 0.3 is 5.97 Å². The standard InChI is InChI=1S/C9H15N3O2/c1-8-2-5-11-12(8)7-6-10-4-3-9(13)14/h2,5,10H,3-4,6-7H2,1H3,(H,13,14). The molecule has 1 aromatic heterocycles. The SMILES string of the molecule is Cc1ccnn1CCNCCC(=O)O. The van der Waals surface area contributed by atoms with Crippen LogP contribution in [0, 0.1) is 6.92 Å². The molecule has 0 aliphatic rings. The number of carboxylic acids is 1. The number of nitrogens with one attached hydrogen (secondary N) is 1. The highest BCUT2D eigenvalue weighted by Crippen LogP contribution is 1.93. The van der Waals surface area contributed by atoms with Crippen molar-refractivity contribution in [3.05, 3.63) is 18.0 Å². The summed E-state index contributed by atoms with van der Waals surface area (Å²) in [6.45, 7) is 4.02. The molecule has 0 amide bonds. The van der Waals surface area contributed by atoms with Crippen molar-refractivity contribution < 1.29 is 9.90 Å². The van der Waals surface area contributed by atoms with Gasteiger partial charge in [0.05, 0.1) is 13.0 Å². The number of carboxylic acid groups (broad SMARTS) is 1. The van der Waals surface area contributed by atoms with Crippen LogP contribution in [0.2, 0.25) is 0 Å². The van der Waals surface area contributed by atoms with Gasteiger partial charge in [-0.25, -0.2) is 0 Å². The molecule has 0 aliphatic carbocycles. The largest absolute Gasteiger partial charge is 0.481 e. The number of aromatic nitrogens is 2. The van der Waals surface area contributed by atoms with Crippen molar-refractivity contribution in [2.45, 2.75) is 19.9 Å². The fraction of sp³-hybridized carbons (Fsp3) is 0.556. The molecule has 0 saturated heterocycles. The Kier molecular flexibility index (Phi) is 4.12. The summed E-state index contributed by atoms with van der Waals surface area (Å²) in [7, 11) is 0. The second-order valence-electron chi connectivity index (χ2n) is 3.09. The van der Waals surface area contributed by atoms with Gasteiger partial charge in [-0.05, 0) is 13.0 Å². The quantitative estimate of drug-likeness (QED) is 0.642. The molecule has 0 radical (unpaired) electrons. The lowest BCUT2D eigenvalue weighted by Crippen LogP contribution is -2.23. The Bertz CT molecular complexity index is 296. The molecular weight excluding hydrogens is 182 g/mol. The first-order valence-electron chi connectivity index (χ1n) is 4.61. The molecule has 2 N–H and O–H groups in total. The molecule has 1 heterocycles. The lowest BCUT2D eigenvalue weighted by atomic mass is 10.4. The predicted octanol–water partition coefficient (Wildman–Crippen LogP) is 0.256. The summed E-state index contributed by atoms with van der Waals surface area (Å²) in [5, 5.41) is 15.5. The van der Waals surface area contributed by atoms with E-state index in [1.165, 1.54) is 0 Å². The van der Waals surface area contributed by atoms with Crippen molar-refractivity contribution in [2.24, 2.45) is 0 Å². The number of carbonyl (C=O) groups is 1. The third-order valence-corrected chi connectivity index (χ3v) is 1.94. The Morgan fingerprint density at radius 2 is 2.43 bits per heavy atom. The van der Waals surface area contributed by atoms with Gasteiger partial charge in [-0.2, -0.15) is 5.10 Å². The van der Waals surface area contributed by atoms with Crippen LogP contribution in [-0.2, 0) is 11.3 Å². The van der Waals surface area contributed by atoms with Crippen molar-refractivity contribution in [3.8, 4) is 0 Å². The van der Waals surface area contributed by atoms with Crippen LogP contribution in [0.4, 0.5) is 0 Å². The fourth-order valence-corrected chi connectivity index (χ4v) is 1.14. The molecule has 0 bridgehead atoms. The van der Waals surface area contributed by atoms with Gasteiger partial charge in [0, 0.05) is 25.0 Å².